The highest BCUT2D eigenvalue weighted by molar-refractivity contribution is 7.98. The summed E-state index contributed by atoms with van der Waals surface area (Å²) in [5.74, 6) is 0.823. The zero-order valence-corrected chi connectivity index (χ0v) is 24.6. The number of benzene rings is 7. The normalized spacial score (nSPS) is 11.9. The minimum absolute atomic E-state index is 0.823. The molecule has 0 unspecified atom stereocenters. The summed E-state index contributed by atoms with van der Waals surface area (Å²) in [7, 11) is 0. The van der Waals surface area contributed by atoms with Gasteiger partial charge in [-0.15, -0.1) is 11.8 Å². The topological polar surface area (TPSA) is 30.4 Å². The second-order valence-corrected chi connectivity index (χ2v) is 12.2. The number of thioether (sulfide) groups is 1. The van der Waals surface area contributed by atoms with Crippen LogP contribution < -0.4 is 0 Å². The third-order valence-corrected chi connectivity index (χ3v) is 9.85. The molecule has 0 radical (unpaired) electrons. The summed E-state index contributed by atoms with van der Waals surface area (Å²) in [6.07, 6.45) is 0. The summed E-state index contributed by atoms with van der Waals surface area (Å²) < 4.78 is 8.99. The maximum Gasteiger partial charge on any atom is 0.144 e. The van der Waals surface area contributed by atoms with Crippen molar-refractivity contribution in [2.45, 2.75) is 10.6 Å². The molecule has 0 saturated heterocycles. The Labute approximate surface area is 258 Å². The van der Waals surface area contributed by atoms with Gasteiger partial charge in [0.05, 0.1) is 16.7 Å². The van der Waals surface area contributed by atoms with Crippen molar-refractivity contribution in [3.05, 3.63) is 139 Å². The predicted octanol–water partition coefficient (Wildman–Crippen LogP) is 11.6. The van der Waals surface area contributed by atoms with E-state index in [0.29, 0.717) is 0 Å². The van der Waals surface area contributed by atoms with Crippen LogP contribution in [-0.4, -0.2) is 11.3 Å². The van der Waals surface area contributed by atoms with E-state index in [0.717, 1.165) is 49.3 Å². The number of hydrogen-bond acceptors (Lipinski definition) is 3. The van der Waals surface area contributed by atoms with Crippen molar-refractivity contribution >= 4 is 89.5 Å². The molecule has 9 rings (SSSR count). The molecule has 0 fully saturated rings. The largest absolute Gasteiger partial charge is 0.455 e. The average molecular weight is 583 g/mol. The van der Waals surface area contributed by atoms with Crippen molar-refractivity contribution in [3.8, 4) is 5.69 Å². The molecule has 7 aromatic carbocycles. The maximum absolute atomic E-state index is 6.55. The van der Waals surface area contributed by atoms with E-state index in [1.165, 1.54) is 43.5 Å². The van der Waals surface area contributed by atoms with Crippen molar-refractivity contribution in [1.82, 2.24) is 4.57 Å². The first kappa shape index (κ1) is 25.2. The number of aromatic nitrogens is 1. The standard InChI is InChI=1S/C40H26N2OS/c1-41-38-28-14-3-2-12-26(28)21-22-35(38)44-24-25-11-10-13-27(23-25)42-33-19-8-6-17-31(33)36-37-32-18-7-9-20-34(32)43-40(37)30-16-5-4-15-29(30)39(36)42/h2-23H,1,24H2. The van der Waals surface area contributed by atoms with Gasteiger partial charge in [-0.2, -0.15) is 0 Å². The summed E-state index contributed by atoms with van der Waals surface area (Å²) in [4.78, 5) is 5.57. The molecule has 0 N–H and O–H groups in total. The lowest BCUT2D eigenvalue weighted by Crippen LogP contribution is -1.96. The number of fused-ring (bicyclic) bond motifs is 11. The molecule has 0 atom stereocenters. The average Bonchev–Trinajstić information content (AvgIpc) is 3.64. The van der Waals surface area contributed by atoms with E-state index in [1.807, 2.05) is 6.07 Å². The third kappa shape index (κ3) is 3.68. The highest BCUT2D eigenvalue weighted by Gasteiger charge is 2.22. The van der Waals surface area contributed by atoms with Gasteiger partial charge in [0.25, 0.3) is 0 Å². The lowest BCUT2D eigenvalue weighted by molar-refractivity contribution is 0.673. The fourth-order valence-corrected chi connectivity index (χ4v) is 7.83. The smallest absolute Gasteiger partial charge is 0.144 e. The van der Waals surface area contributed by atoms with Crippen LogP contribution in [0.5, 0.6) is 0 Å². The molecular formula is C40H26N2OS. The van der Waals surface area contributed by atoms with Crippen LogP contribution in [0.4, 0.5) is 5.69 Å². The van der Waals surface area contributed by atoms with Crippen molar-refractivity contribution in [1.29, 1.82) is 0 Å². The van der Waals surface area contributed by atoms with Crippen LogP contribution in [0, 0.1) is 0 Å². The Bertz CT molecular complexity index is 2590. The quantitative estimate of drug-likeness (QED) is 0.149. The van der Waals surface area contributed by atoms with E-state index in [-0.39, 0.29) is 0 Å². The van der Waals surface area contributed by atoms with Gasteiger partial charge in [-0.1, -0.05) is 103 Å². The van der Waals surface area contributed by atoms with Gasteiger partial charge in [-0.3, -0.25) is 4.99 Å². The molecule has 2 heterocycles. The van der Waals surface area contributed by atoms with Crippen LogP contribution in [0.2, 0.25) is 0 Å². The van der Waals surface area contributed by atoms with Gasteiger partial charge in [-0.05, 0) is 48.0 Å². The Morgan fingerprint density at radius 2 is 1.36 bits per heavy atom. The van der Waals surface area contributed by atoms with Gasteiger partial charge in [0, 0.05) is 54.0 Å². The molecule has 208 valence electrons. The van der Waals surface area contributed by atoms with Gasteiger partial charge in [0.15, 0.2) is 0 Å². The SMILES string of the molecule is C=Nc1c(SCc2cccc(-n3c4ccccc4c4c5c6ccccc6oc5c5ccccc5c43)c2)ccc2ccccc12. The molecule has 0 spiro atoms. The van der Waals surface area contributed by atoms with E-state index in [2.05, 4.69) is 144 Å². The summed E-state index contributed by atoms with van der Waals surface area (Å²) in [5, 5.41) is 9.41. The summed E-state index contributed by atoms with van der Waals surface area (Å²) >= 11 is 1.80. The molecule has 0 bridgehead atoms. The zero-order chi connectivity index (χ0) is 29.2. The second-order valence-electron chi connectivity index (χ2n) is 11.2. The van der Waals surface area contributed by atoms with Crippen LogP contribution in [0.1, 0.15) is 5.56 Å². The van der Waals surface area contributed by atoms with E-state index in [1.54, 1.807) is 11.8 Å². The Morgan fingerprint density at radius 3 is 2.23 bits per heavy atom. The number of aliphatic imine (C=N–C) groups is 1. The minimum atomic E-state index is 0.823. The van der Waals surface area contributed by atoms with Crippen molar-refractivity contribution < 1.29 is 4.42 Å². The highest BCUT2D eigenvalue weighted by Crippen LogP contribution is 2.46. The molecule has 0 amide bonds. The molecule has 2 aromatic heterocycles. The van der Waals surface area contributed by atoms with Crippen LogP contribution in [-0.2, 0) is 5.75 Å². The van der Waals surface area contributed by atoms with Gasteiger partial charge in [0.2, 0.25) is 0 Å². The Hall–Kier alpha value is -5.32. The summed E-state index contributed by atoms with van der Waals surface area (Å²) in [5.41, 5.74) is 7.60. The maximum atomic E-state index is 6.55. The van der Waals surface area contributed by atoms with E-state index >= 15 is 0 Å². The molecule has 0 saturated carbocycles. The third-order valence-electron chi connectivity index (χ3n) is 8.73. The van der Waals surface area contributed by atoms with Crippen LogP contribution in [0.25, 0.3) is 71.0 Å². The molecule has 3 nitrogen and oxygen atoms in total. The Balaban J connectivity index is 1.26. The van der Waals surface area contributed by atoms with Crippen LogP contribution in [0.15, 0.2) is 148 Å². The van der Waals surface area contributed by atoms with Crippen LogP contribution in [0.3, 0.4) is 0 Å². The molecule has 0 aliphatic heterocycles. The lowest BCUT2D eigenvalue weighted by atomic mass is 9.99. The van der Waals surface area contributed by atoms with E-state index < -0.39 is 0 Å². The summed E-state index contributed by atoms with van der Waals surface area (Å²) in [6, 6.07) is 47.4. The fourth-order valence-electron chi connectivity index (χ4n) is 6.85. The van der Waals surface area contributed by atoms with Crippen LogP contribution >= 0.6 is 11.8 Å². The monoisotopic (exact) mass is 582 g/mol. The minimum Gasteiger partial charge on any atom is -0.455 e. The molecule has 9 aromatic rings. The fraction of sp³-hybridized carbons (Fsp3) is 0.0250. The number of furan rings is 1. The highest BCUT2D eigenvalue weighted by atomic mass is 32.2. The van der Waals surface area contributed by atoms with Gasteiger partial charge < -0.3 is 8.98 Å². The number of nitrogens with zero attached hydrogens (tertiary/aromatic N) is 2. The second kappa shape index (κ2) is 9.87. The number of rotatable bonds is 5. The van der Waals surface area contributed by atoms with Gasteiger partial charge >= 0.3 is 0 Å². The first-order valence-corrected chi connectivity index (χ1v) is 15.7. The lowest BCUT2D eigenvalue weighted by Gasteiger charge is -2.13. The number of hydrogen-bond donors (Lipinski definition) is 0. The number of para-hydroxylation sites is 2. The first-order valence-electron chi connectivity index (χ1n) is 14.8. The Morgan fingerprint density at radius 1 is 0.636 bits per heavy atom. The molecule has 0 aliphatic rings. The first-order chi connectivity index (χ1) is 21.8. The van der Waals surface area contributed by atoms with Crippen molar-refractivity contribution in [3.63, 3.8) is 0 Å². The zero-order valence-electron chi connectivity index (χ0n) is 23.8. The molecule has 4 heteroatoms. The van der Waals surface area contributed by atoms with Gasteiger partial charge in [-0.25, -0.2) is 0 Å². The van der Waals surface area contributed by atoms with Crippen molar-refractivity contribution in [2.75, 3.05) is 0 Å². The van der Waals surface area contributed by atoms with E-state index in [9.17, 15) is 0 Å². The Kier molecular flexibility index (Phi) is 5.65. The molecule has 0 aliphatic carbocycles. The molecular weight excluding hydrogens is 557 g/mol. The van der Waals surface area contributed by atoms with E-state index in [4.69, 9.17) is 4.42 Å². The summed E-state index contributed by atoms with van der Waals surface area (Å²) in [6.45, 7) is 3.89. The van der Waals surface area contributed by atoms with Gasteiger partial charge in [0.1, 0.15) is 11.2 Å². The van der Waals surface area contributed by atoms with Crippen molar-refractivity contribution in [2.24, 2.45) is 4.99 Å². The predicted molar refractivity (Wildman–Crippen MR) is 188 cm³/mol. The molecule has 44 heavy (non-hydrogen) atoms.